The van der Waals surface area contributed by atoms with E-state index in [2.05, 4.69) is 6.58 Å². The van der Waals surface area contributed by atoms with Gasteiger partial charge in [-0.15, -0.1) is 6.58 Å². The van der Waals surface area contributed by atoms with E-state index in [1.54, 1.807) is 19.1 Å². The van der Waals surface area contributed by atoms with Gasteiger partial charge in [-0.2, -0.15) is 0 Å². The number of aryl methyl sites for hydroxylation is 1. The summed E-state index contributed by atoms with van der Waals surface area (Å²) in [6.07, 6.45) is 2.11. The van der Waals surface area contributed by atoms with Crippen molar-refractivity contribution < 1.29 is 15.0 Å². The summed E-state index contributed by atoms with van der Waals surface area (Å²) in [6.45, 7) is 5.32. The zero-order valence-electron chi connectivity index (χ0n) is 9.10. The molecule has 86 valence electrons. The summed E-state index contributed by atoms with van der Waals surface area (Å²) in [4.78, 5) is 10.9. The van der Waals surface area contributed by atoms with E-state index in [1.165, 1.54) is 6.07 Å². The molecule has 0 saturated heterocycles. The number of nitrogens with two attached hydrogens (primary N) is 1. The molecule has 0 bridgehead atoms. The Morgan fingerprint density at radius 3 is 2.75 bits per heavy atom. The molecule has 0 aliphatic rings. The van der Waals surface area contributed by atoms with E-state index in [9.17, 15) is 9.90 Å². The Morgan fingerprint density at radius 1 is 1.62 bits per heavy atom. The number of carboxylic acids is 1. The third-order valence-electron chi connectivity index (χ3n) is 2.33. The maximum atomic E-state index is 10.9. The lowest BCUT2D eigenvalue weighted by Gasteiger charge is -2.14. The number of hydrogen-bond acceptors (Lipinski definition) is 3. The first-order valence-electron chi connectivity index (χ1n) is 4.90. The summed E-state index contributed by atoms with van der Waals surface area (Å²) in [6, 6.07) is 2.67. The van der Waals surface area contributed by atoms with Crippen molar-refractivity contribution in [2.45, 2.75) is 19.4 Å². The summed E-state index contributed by atoms with van der Waals surface area (Å²) in [5.74, 6) is -1.42. The third-order valence-corrected chi connectivity index (χ3v) is 2.33. The van der Waals surface area contributed by atoms with Crippen LogP contribution in [0.2, 0.25) is 0 Å². The second-order valence-electron chi connectivity index (χ2n) is 3.69. The molecule has 16 heavy (non-hydrogen) atoms. The van der Waals surface area contributed by atoms with Crippen molar-refractivity contribution >= 4 is 5.97 Å². The second kappa shape index (κ2) is 4.81. The highest BCUT2D eigenvalue weighted by atomic mass is 16.4. The van der Waals surface area contributed by atoms with Gasteiger partial charge in [0.1, 0.15) is 11.3 Å². The van der Waals surface area contributed by atoms with E-state index in [0.717, 1.165) is 5.56 Å². The largest absolute Gasteiger partial charge is 0.507 e. The molecule has 0 amide bonds. The summed E-state index contributed by atoms with van der Waals surface area (Å²) >= 11 is 0. The van der Waals surface area contributed by atoms with E-state index < -0.39 is 12.0 Å². The van der Waals surface area contributed by atoms with Crippen LogP contribution in [0.3, 0.4) is 0 Å². The molecular formula is C12H15NO3. The molecule has 0 fully saturated rings. The van der Waals surface area contributed by atoms with E-state index in [-0.39, 0.29) is 11.3 Å². The first-order valence-corrected chi connectivity index (χ1v) is 4.90. The molecule has 1 rings (SSSR count). The van der Waals surface area contributed by atoms with Gasteiger partial charge in [-0.25, -0.2) is 4.79 Å². The minimum absolute atomic E-state index is 0.116. The van der Waals surface area contributed by atoms with Crippen LogP contribution in [0.4, 0.5) is 0 Å². The summed E-state index contributed by atoms with van der Waals surface area (Å²) in [7, 11) is 0. The van der Waals surface area contributed by atoms with Crippen LogP contribution in [0.1, 0.15) is 33.9 Å². The zero-order valence-corrected chi connectivity index (χ0v) is 9.10. The minimum atomic E-state index is -1.16. The van der Waals surface area contributed by atoms with Crippen molar-refractivity contribution in [3.63, 3.8) is 0 Å². The number of rotatable bonds is 4. The van der Waals surface area contributed by atoms with Gasteiger partial charge in [-0.3, -0.25) is 0 Å². The Kier molecular flexibility index (Phi) is 3.68. The Bertz CT molecular complexity index is 427. The normalized spacial score (nSPS) is 12.1. The van der Waals surface area contributed by atoms with Gasteiger partial charge in [0.15, 0.2) is 0 Å². The highest BCUT2D eigenvalue weighted by Crippen LogP contribution is 2.30. The number of phenols is 1. The first kappa shape index (κ1) is 12.3. The Balaban J connectivity index is 3.28. The fraction of sp³-hybridized carbons (Fsp3) is 0.250. The van der Waals surface area contributed by atoms with Crippen LogP contribution in [0, 0.1) is 6.92 Å². The summed E-state index contributed by atoms with van der Waals surface area (Å²) in [5, 5.41) is 18.7. The Labute approximate surface area is 94.0 Å². The standard InChI is InChI=1S/C12H15NO3/c1-3-4-10(13)8-5-7(2)6-9(11(8)14)12(15)16/h3,5-6,10,14H,1,4,13H2,2H3,(H,15,16)/t10-/m0/s1. The van der Waals surface area contributed by atoms with E-state index in [1.807, 2.05) is 0 Å². The molecule has 0 aliphatic heterocycles. The molecular weight excluding hydrogens is 206 g/mol. The first-order chi connectivity index (χ1) is 7.47. The smallest absolute Gasteiger partial charge is 0.339 e. The summed E-state index contributed by atoms with van der Waals surface area (Å²) in [5.41, 5.74) is 6.90. The minimum Gasteiger partial charge on any atom is -0.507 e. The molecule has 4 nitrogen and oxygen atoms in total. The molecule has 1 aromatic rings. The van der Waals surface area contributed by atoms with E-state index in [4.69, 9.17) is 10.8 Å². The van der Waals surface area contributed by atoms with Crippen molar-refractivity contribution in [3.05, 3.63) is 41.5 Å². The third kappa shape index (κ3) is 2.41. The van der Waals surface area contributed by atoms with Crippen molar-refractivity contribution in [1.82, 2.24) is 0 Å². The fourth-order valence-electron chi connectivity index (χ4n) is 1.56. The van der Waals surface area contributed by atoms with Gasteiger partial charge in [0, 0.05) is 11.6 Å². The maximum absolute atomic E-state index is 10.9. The highest BCUT2D eigenvalue weighted by molar-refractivity contribution is 5.91. The molecule has 0 aliphatic carbocycles. The summed E-state index contributed by atoms with van der Waals surface area (Å²) < 4.78 is 0. The molecule has 1 aromatic carbocycles. The average Bonchev–Trinajstić information content (AvgIpc) is 2.20. The number of benzene rings is 1. The SMILES string of the molecule is C=CC[C@H](N)c1cc(C)cc(C(=O)O)c1O. The van der Waals surface area contributed by atoms with Gasteiger partial charge in [0.05, 0.1) is 0 Å². The van der Waals surface area contributed by atoms with Crippen molar-refractivity contribution in [2.24, 2.45) is 5.73 Å². The average molecular weight is 221 g/mol. The van der Waals surface area contributed by atoms with Crippen molar-refractivity contribution in [1.29, 1.82) is 0 Å². The lowest BCUT2D eigenvalue weighted by atomic mass is 9.97. The van der Waals surface area contributed by atoms with Gasteiger partial charge in [-0.1, -0.05) is 12.1 Å². The van der Waals surface area contributed by atoms with E-state index in [0.29, 0.717) is 12.0 Å². The maximum Gasteiger partial charge on any atom is 0.339 e. The molecule has 0 unspecified atom stereocenters. The predicted octanol–water partition coefficient (Wildman–Crippen LogP) is 1.97. The van der Waals surface area contributed by atoms with Gasteiger partial charge >= 0.3 is 5.97 Å². The second-order valence-corrected chi connectivity index (χ2v) is 3.69. The Morgan fingerprint density at radius 2 is 2.25 bits per heavy atom. The molecule has 0 radical (unpaired) electrons. The fourth-order valence-corrected chi connectivity index (χ4v) is 1.56. The van der Waals surface area contributed by atoms with Gasteiger partial charge in [0.2, 0.25) is 0 Å². The van der Waals surface area contributed by atoms with Crippen LogP contribution in [0.5, 0.6) is 5.75 Å². The number of hydrogen-bond donors (Lipinski definition) is 3. The zero-order chi connectivity index (χ0) is 12.3. The molecule has 4 heteroatoms. The quantitative estimate of drug-likeness (QED) is 0.679. The number of carboxylic acid groups (broad SMARTS) is 1. The van der Waals surface area contributed by atoms with Gasteiger partial charge in [-0.05, 0) is 25.0 Å². The molecule has 0 heterocycles. The van der Waals surface area contributed by atoms with Crippen molar-refractivity contribution in [2.75, 3.05) is 0 Å². The van der Waals surface area contributed by atoms with E-state index >= 15 is 0 Å². The van der Waals surface area contributed by atoms with Gasteiger partial charge in [0.25, 0.3) is 0 Å². The number of carbonyl (C=O) groups is 1. The van der Waals surface area contributed by atoms with Crippen LogP contribution in [-0.4, -0.2) is 16.2 Å². The predicted molar refractivity (Wildman–Crippen MR) is 61.5 cm³/mol. The number of aromatic carboxylic acids is 1. The van der Waals surface area contributed by atoms with Gasteiger partial charge < -0.3 is 15.9 Å². The van der Waals surface area contributed by atoms with Crippen LogP contribution < -0.4 is 5.73 Å². The van der Waals surface area contributed by atoms with Crippen LogP contribution >= 0.6 is 0 Å². The van der Waals surface area contributed by atoms with Crippen LogP contribution in [0.25, 0.3) is 0 Å². The monoisotopic (exact) mass is 221 g/mol. The molecule has 0 spiro atoms. The lowest BCUT2D eigenvalue weighted by molar-refractivity contribution is 0.0693. The molecule has 1 atom stereocenters. The van der Waals surface area contributed by atoms with Crippen LogP contribution in [0.15, 0.2) is 24.8 Å². The molecule has 4 N–H and O–H groups in total. The van der Waals surface area contributed by atoms with Crippen molar-refractivity contribution in [3.8, 4) is 5.75 Å². The molecule has 0 saturated carbocycles. The highest BCUT2D eigenvalue weighted by Gasteiger charge is 2.17. The number of aromatic hydroxyl groups is 1. The Hall–Kier alpha value is -1.81. The molecule has 0 aromatic heterocycles. The topological polar surface area (TPSA) is 83.6 Å². The van der Waals surface area contributed by atoms with Crippen LogP contribution in [-0.2, 0) is 0 Å². The lowest BCUT2D eigenvalue weighted by Crippen LogP contribution is -2.11.